The summed E-state index contributed by atoms with van der Waals surface area (Å²) in [5, 5.41) is 8.75. The van der Waals surface area contributed by atoms with Crippen LogP contribution in [0, 0.1) is 0 Å². The van der Waals surface area contributed by atoms with Gasteiger partial charge in [0.15, 0.2) is 0 Å². The standard InChI is InChI=1S/C6H6O4S.H3P/c7-5-1-3-6(4-2-5)11(8,9)10;/h1-4,7H,(H,8,9,10);1H3. The number of phenols is 1. The minimum Gasteiger partial charge on any atom is -0.508 e. The summed E-state index contributed by atoms with van der Waals surface area (Å²) in [6.45, 7) is 0. The highest BCUT2D eigenvalue weighted by Gasteiger charge is 2.07. The minimum atomic E-state index is -4.13. The van der Waals surface area contributed by atoms with Crippen LogP contribution in [0.15, 0.2) is 29.2 Å². The summed E-state index contributed by atoms with van der Waals surface area (Å²) in [4.78, 5) is -0.227. The van der Waals surface area contributed by atoms with Crippen molar-refractivity contribution in [1.82, 2.24) is 0 Å². The number of phenolic OH excluding ortho intramolecular Hbond substituents is 1. The summed E-state index contributed by atoms with van der Waals surface area (Å²) in [7, 11) is -4.13. The van der Waals surface area contributed by atoms with Crippen molar-refractivity contribution in [3.63, 3.8) is 0 Å². The second kappa shape index (κ2) is 3.85. The highest BCUT2D eigenvalue weighted by Crippen LogP contribution is 2.13. The van der Waals surface area contributed by atoms with Crippen LogP contribution in [0.3, 0.4) is 0 Å². The fraction of sp³-hybridized carbons (Fsp3) is 0. The average molecular weight is 208 g/mol. The molecule has 0 aliphatic rings. The Kier molecular flexibility index (Phi) is 3.64. The summed E-state index contributed by atoms with van der Waals surface area (Å²) < 4.78 is 29.3. The molecule has 1 aromatic rings. The molecule has 4 nitrogen and oxygen atoms in total. The molecule has 1 unspecified atom stereocenters. The molecule has 0 bridgehead atoms. The molecule has 1 aromatic carbocycles. The predicted octanol–water partition coefficient (Wildman–Crippen LogP) is 0.697. The first-order chi connectivity index (χ1) is 5.00. The summed E-state index contributed by atoms with van der Waals surface area (Å²) in [6.07, 6.45) is 0. The van der Waals surface area contributed by atoms with Gasteiger partial charge in [-0.05, 0) is 24.3 Å². The molecule has 0 aliphatic carbocycles. The zero-order chi connectivity index (χ0) is 8.48. The number of benzene rings is 1. The minimum absolute atomic E-state index is 0. The van der Waals surface area contributed by atoms with Crippen molar-refractivity contribution >= 4 is 20.0 Å². The molecule has 0 radical (unpaired) electrons. The van der Waals surface area contributed by atoms with Crippen molar-refractivity contribution in [3.05, 3.63) is 24.3 Å². The van der Waals surface area contributed by atoms with Gasteiger partial charge >= 0.3 is 0 Å². The lowest BCUT2D eigenvalue weighted by Crippen LogP contribution is -1.96. The molecule has 0 aliphatic heterocycles. The summed E-state index contributed by atoms with van der Waals surface area (Å²) in [6, 6.07) is 4.60. The topological polar surface area (TPSA) is 74.6 Å². The molecule has 1 rings (SSSR count). The van der Waals surface area contributed by atoms with Crippen molar-refractivity contribution < 1.29 is 18.1 Å². The molecule has 68 valence electrons. The second-order valence-corrected chi connectivity index (χ2v) is 3.39. The molecule has 2 N–H and O–H groups in total. The van der Waals surface area contributed by atoms with Crippen LogP contribution in [0.2, 0.25) is 0 Å². The van der Waals surface area contributed by atoms with Gasteiger partial charge in [0.25, 0.3) is 10.1 Å². The van der Waals surface area contributed by atoms with Gasteiger partial charge in [0.1, 0.15) is 5.75 Å². The zero-order valence-corrected chi connectivity index (χ0v) is 8.37. The first kappa shape index (κ1) is 11.4. The Morgan fingerprint density at radius 1 is 1.08 bits per heavy atom. The largest absolute Gasteiger partial charge is 0.508 e. The van der Waals surface area contributed by atoms with Gasteiger partial charge in [0, 0.05) is 0 Å². The summed E-state index contributed by atoms with van der Waals surface area (Å²) >= 11 is 0. The maximum Gasteiger partial charge on any atom is 0.294 e. The molecule has 0 saturated carbocycles. The van der Waals surface area contributed by atoms with E-state index < -0.39 is 10.1 Å². The normalized spacial score (nSPS) is 10.4. The lowest BCUT2D eigenvalue weighted by atomic mass is 10.3. The van der Waals surface area contributed by atoms with Crippen LogP contribution in [0.5, 0.6) is 5.75 Å². The van der Waals surface area contributed by atoms with E-state index in [1.807, 2.05) is 0 Å². The molecule has 0 aromatic heterocycles. The van der Waals surface area contributed by atoms with E-state index in [0.717, 1.165) is 12.1 Å². The zero-order valence-electron chi connectivity index (χ0n) is 6.14. The Bertz CT molecular complexity index is 342. The highest BCUT2D eigenvalue weighted by atomic mass is 32.2. The third kappa shape index (κ3) is 2.77. The van der Waals surface area contributed by atoms with Gasteiger partial charge in [-0.25, -0.2) is 0 Å². The van der Waals surface area contributed by atoms with Gasteiger partial charge in [-0.15, -0.1) is 0 Å². The Morgan fingerprint density at radius 2 is 1.50 bits per heavy atom. The van der Waals surface area contributed by atoms with E-state index in [9.17, 15) is 8.42 Å². The predicted molar refractivity (Wildman–Crippen MR) is 49.0 cm³/mol. The van der Waals surface area contributed by atoms with Gasteiger partial charge in [0.2, 0.25) is 0 Å². The van der Waals surface area contributed by atoms with Crippen LogP contribution >= 0.6 is 9.90 Å². The fourth-order valence-electron chi connectivity index (χ4n) is 0.618. The van der Waals surface area contributed by atoms with Crippen LogP contribution in [0.4, 0.5) is 0 Å². The van der Waals surface area contributed by atoms with Crippen LogP contribution < -0.4 is 0 Å². The summed E-state index contributed by atoms with van der Waals surface area (Å²) in [5.74, 6) is -0.0441. The van der Waals surface area contributed by atoms with Crippen molar-refractivity contribution in [1.29, 1.82) is 0 Å². The van der Waals surface area contributed by atoms with E-state index in [0.29, 0.717) is 0 Å². The Balaban J connectivity index is 0.00000121. The summed E-state index contributed by atoms with van der Waals surface area (Å²) in [5.41, 5.74) is 0. The van der Waals surface area contributed by atoms with Gasteiger partial charge < -0.3 is 5.11 Å². The third-order valence-corrected chi connectivity index (χ3v) is 2.00. The van der Waals surface area contributed by atoms with E-state index >= 15 is 0 Å². The average Bonchev–Trinajstić information content (AvgIpc) is 1.86. The maximum atomic E-state index is 10.4. The molecule has 0 amide bonds. The first-order valence-electron chi connectivity index (χ1n) is 2.77. The SMILES string of the molecule is O=S(=O)(O)c1ccc(O)cc1.P. The quantitative estimate of drug-likeness (QED) is 0.526. The maximum absolute atomic E-state index is 10.4. The van der Waals surface area contributed by atoms with E-state index in [2.05, 4.69) is 0 Å². The Hall–Kier alpha value is -0.640. The smallest absolute Gasteiger partial charge is 0.294 e. The molecule has 0 fully saturated rings. The van der Waals surface area contributed by atoms with Crippen molar-refractivity contribution in [2.75, 3.05) is 0 Å². The molecule has 0 saturated heterocycles. The molecule has 0 spiro atoms. The molecule has 1 atom stereocenters. The number of hydrogen-bond acceptors (Lipinski definition) is 3. The molecule has 0 heterocycles. The van der Waals surface area contributed by atoms with Crippen molar-refractivity contribution in [2.24, 2.45) is 0 Å². The van der Waals surface area contributed by atoms with Crippen molar-refractivity contribution in [3.8, 4) is 5.75 Å². The fourth-order valence-corrected chi connectivity index (χ4v) is 1.10. The van der Waals surface area contributed by atoms with Crippen LogP contribution in [0.1, 0.15) is 0 Å². The van der Waals surface area contributed by atoms with Crippen LogP contribution in [-0.2, 0) is 10.1 Å². The lowest BCUT2D eigenvalue weighted by Gasteiger charge is -1.94. The number of rotatable bonds is 1. The van der Waals surface area contributed by atoms with E-state index in [1.54, 1.807) is 0 Å². The first-order valence-corrected chi connectivity index (χ1v) is 4.21. The van der Waals surface area contributed by atoms with Gasteiger partial charge in [-0.3, -0.25) is 4.55 Å². The van der Waals surface area contributed by atoms with Crippen LogP contribution in [-0.4, -0.2) is 18.1 Å². The Labute approximate surface area is 73.6 Å². The number of hydrogen-bond donors (Lipinski definition) is 2. The molecular formula is C6H9O4PS. The molecular weight excluding hydrogens is 199 g/mol. The monoisotopic (exact) mass is 208 g/mol. The molecule has 12 heavy (non-hydrogen) atoms. The molecule has 6 heteroatoms. The van der Waals surface area contributed by atoms with Crippen molar-refractivity contribution in [2.45, 2.75) is 4.90 Å². The second-order valence-electron chi connectivity index (χ2n) is 1.97. The van der Waals surface area contributed by atoms with Gasteiger partial charge in [-0.1, -0.05) is 0 Å². The number of aromatic hydroxyl groups is 1. The van der Waals surface area contributed by atoms with Crippen LogP contribution in [0.25, 0.3) is 0 Å². The van der Waals surface area contributed by atoms with Gasteiger partial charge in [-0.2, -0.15) is 18.3 Å². The van der Waals surface area contributed by atoms with E-state index in [4.69, 9.17) is 9.66 Å². The lowest BCUT2D eigenvalue weighted by molar-refractivity contribution is 0.472. The Morgan fingerprint density at radius 3 is 1.83 bits per heavy atom. The third-order valence-electron chi connectivity index (χ3n) is 1.13. The van der Waals surface area contributed by atoms with E-state index in [-0.39, 0.29) is 20.5 Å². The highest BCUT2D eigenvalue weighted by molar-refractivity contribution is 7.85. The van der Waals surface area contributed by atoms with Gasteiger partial charge in [0.05, 0.1) is 4.90 Å². The van der Waals surface area contributed by atoms with E-state index in [1.165, 1.54) is 12.1 Å².